The summed E-state index contributed by atoms with van der Waals surface area (Å²) in [6.07, 6.45) is -0.579. The Morgan fingerprint density at radius 2 is 1.71 bits per heavy atom. The Kier molecular flexibility index (Phi) is 6.34. The minimum absolute atomic E-state index is 0.256. The van der Waals surface area contributed by atoms with Crippen LogP contribution in [0.1, 0.15) is 38.1 Å². The smallest absolute Gasteiger partial charge is 0.410 e. The van der Waals surface area contributed by atoms with Crippen LogP contribution in [0.3, 0.4) is 0 Å². The number of carboxylic acids is 1. The van der Waals surface area contributed by atoms with Crippen LogP contribution in [0.25, 0.3) is 0 Å². The van der Waals surface area contributed by atoms with E-state index in [4.69, 9.17) is 14.6 Å². The maximum atomic E-state index is 12.4. The van der Waals surface area contributed by atoms with Crippen LogP contribution >= 0.6 is 0 Å². The highest BCUT2D eigenvalue weighted by atomic mass is 16.6. The average Bonchev–Trinajstić information content (AvgIpc) is 2.49. The van der Waals surface area contributed by atoms with Crippen LogP contribution < -0.4 is 4.74 Å². The molecule has 0 spiro atoms. The van der Waals surface area contributed by atoms with Gasteiger partial charge in [-0.25, -0.2) is 9.59 Å². The first-order chi connectivity index (χ1) is 11.0. The molecule has 1 atom stereocenters. The molecule has 0 aliphatic rings. The average molecular weight is 337 g/mol. The van der Waals surface area contributed by atoms with Crippen LogP contribution in [-0.4, -0.2) is 53.1 Å². The SMILES string of the molecule is C[C@@H](C(=O)c1ccc(OCC(=O)O)cc1)N(C)C(=O)OC(C)(C)C. The van der Waals surface area contributed by atoms with Crippen molar-refractivity contribution in [3.63, 3.8) is 0 Å². The monoisotopic (exact) mass is 337 g/mol. The minimum Gasteiger partial charge on any atom is -0.482 e. The van der Waals surface area contributed by atoms with E-state index in [1.165, 1.54) is 36.2 Å². The molecule has 1 N–H and O–H groups in total. The number of likely N-dealkylation sites (N-methyl/N-ethyl adjacent to an activating group) is 1. The number of hydrogen-bond acceptors (Lipinski definition) is 5. The van der Waals surface area contributed by atoms with E-state index in [9.17, 15) is 14.4 Å². The summed E-state index contributed by atoms with van der Waals surface area (Å²) < 4.78 is 10.2. The van der Waals surface area contributed by atoms with Gasteiger partial charge < -0.3 is 19.5 Å². The van der Waals surface area contributed by atoms with Crippen LogP contribution in [0, 0.1) is 0 Å². The summed E-state index contributed by atoms with van der Waals surface area (Å²) in [6, 6.07) is 5.37. The van der Waals surface area contributed by atoms with Crippen molar-refractivity contribution in [1.82, 2.24) is 4.90 Å². The molecule has 0 fully saturated rings. The highest BCUT2D eigenvalue weighted by molar-refractivity contribution is 6.01. The molecule has 0 radical (unpaired) electrons. The van der Waals surface area contributed by atoms with Crippen molar-refractivity contribution in [2.75, 3.05) is 13.7 Å². The molecule has 1 aromatic carbocycles. The van der Waals surface area contributed by atoms with Crippen molar-refractivity contribution < 1.29 is 29.0 Å². The first-order valence-corrected chi connectivity index (χ1v) is 7.46. The normalized spacial score (nSPS) is 12.2. The van der Waals surface area contributed by atoms with Crippen LogP contribution in [0.5, 0.6) is 5.75 Å². The van der Waals surface area contributed by atoms with Gasteiger partial charge in [-0.1, -0.05) is 0 Å². The zero-order valence-electron chi connectivity index (χ0n) is 14.5. The van der Waals surface area contributed by atoms with Gasteiger partial charge in [0.05, 0.1) is 6.04 Å². The molecule has 1 aromatic rings. The summed E-state index contributed by atoms with van der Waals surface area (Å²) in [6.45, 7) is 6.41. The van der Waals surface area contributed by atoms with E-state index in [1.807, 2.05) is 0 Å². The standard InChI is InChI=1S/C17H23NO6/c1-11(18(5)16(22)24-17(2,3)4)15(21)12-6-8-13(9-7-12)23-10-14(19)20/h6-9,11H,10H2,1-5H3,(H,19,20)/t11-/m0/s1. The number of hydrogen-bond donors (Lipinski definition) is 1. The Morgan fingerprint density at radius 1 is 1.17 bits per heavy atom. The van der Waals surface area contributed by atoms with E-state index in [-0.39, 0.29) is 5.78 Å². The fourth-order valence-corrected chi connectivity index (χ4v) is 1.77. The Balaban J connectivity index is 2.74. The molecule has 0 aliphatic heterocycles. The Labute approximate surface area is 141 Å². The van der Waals surface area contributed by atoms with E-state index >= 15 is 0 Å². The summed E-state index contributed by atoms with van der Waals surface area (Å²) >= 11 is 0. The van der Waals surface area contributed by atoms with E-state index in [1.54, 1.807) is 27.7 Å². The number of ketones is 1. The van der Waals surface area contributed by atoms with Gasteiger partial charge in [-0.2, -0.15) is 0 Å². The predicted octanol–water partition coefficient (Wildman–Crippen LogP) is 2.59. The van der Waals surface area contributed by atoms with Crippen LogP contribution in [-0.2, 0) is 9.53 Å². The topological polar surface area (TPSA) is 93.1 Å². The second-order valence-corrected chi connectivity index (χ2v) is 6.34. The molecule has 24 heavy (non-hydrogen) atoms. The molecule has 0 heterocycles. The van der Waals surface area contributed by atoms with Gasteiger partial charge in [0.1, 0.15) is 11.4 Å². The van der Waals surface area contributed by atoms with Crippen molar-refractivity contribution in [3.8, 4) is 5.75 Å². The van der Waals surface area contributed by atoms with Gasteiger partial charge in [-0.05, 0) is 52.0 Å². The summed E-state index contributed by atoms with van der Waals surface area (Å²) in [4.78, 5) is 36.1. The summed E-state index contributed by atoms with van der Waals surface area (Å²) in [7, 11) is 1.50. The number of benzene rings is 1. The first-order valence-electron chi connectivity index (χ1n) is 7.46. The molecule has 7 nitrogen and oxygen atoms in total. The molecule has 1 rings (SSSR count). The van der Waals surface area contributed by atoms with E-state index in [0.29, 0.717) is 11.3 Å². The minimum atomic E-state index is -1.08. The van der Waals surface area contributed by atoms with Crippen molar-refractivity contribution in [2.24, 2.45) is 0 Å². The van der Waals surface area contributed by atoms with Crippen molar-refractivity contribution in [2.45, 2.75) is 39.3 Å². The largest absolute Gasteiger partial charge is 0.482 e. The first kappa shape index (κ1) is 19.5. The second-order valence-electron chi connectivity index (χ2n) is 6.34. The van der Waals surface area contributed by atoms with Crippen molar-refractivity contribution >= 4 is 17.8 Å². The van der Waals surface area contributed by atoms with Crippen molar-refractivity contribution in [1.29, 1.82) is 0 Å². The molecule has 0 unspecified atom stereocenters. The van der Waals surface area contributed by atoms with Gasteiger partial charge in [-0.15, -0.1) is 0 Å². The number of carbonyl (C=O) groups is 3. The van der Waals surface area contributed by atoms with Gasteiger partial charge in [0.25, 0.3) is 0 Å². The van der Waals surface area contributed by atoms with Gasteiger partial charge >= 0.3 is 12.1 Å². The summed E-state index contributed by atoms with van der Waals surface area (Å²) in [5.74, 6) is -0.988. The number of carbonyl (C=O) groups excluding carboxylic acids is 2. The summed E-state index contributed by atoms with van der Waals surface area (Å²) in [5.41, 5.74) is -0.252. The number of ether oxygens (including phenoxy) is 2. The van der Waals surface area contributed by atoms with Gasteiger partial charge in [0, 0.05) is 12.6 Å². The lowest BCUT2D eigenvalue weighted by atomic mass is 10.0. The number of nitrogens with zero attached hydrogens (tertiary/aromatic N) is 1. The maximum absolute atomic E-state index is 12.4. The molecular weight excluding hydrogens is 314 g/mol. The number of carboxylic acid groups (broad SMARTS) is 1. The lowest BCUT2D eigenvalue weighted by Crippen LogP contribution is -2.43. The number of aliphatic carboxylic acids is 1. The zero-order chi connectivity index (χ0) is 18.5. The zero-order valence-corrected chi connectivity index (χ0v) is 14.5. The Morgan fingerprint density at radius 3 is 2.17 bits per heavy atom. The highest BCUT2D eigenvalue weighted by Gasteiger charge is 2.27. The lowest BCUT2D eigenvalue weighted by Gasteiger charge is -2.28. The quantitative estimate of drug-likeness (QED) is 0.802. The number of amides is 1. The third-order valence-electron chi connectivity index (χ3n) is 3.14. The molecule has 0 aromatic heterocycles. The molecule has 7 heteroatoms. The number of Topliss-reactive ketones (excluding diaryl/α,β-unsaturated/α-hetero) is 1. The Hall–Kier alpha value is -2.57. The van der Waals surface area contributed by atoms with Gasteiger partial charge in [0.15, 0.2) is 12.4 Å². The maximum Gasteiger partial charge on any atom is 0.410 e. The van der Waals surface area contributed by atoms with E-state index in [0.717, 1.165) is 0 Å². The fraction of sp³-hybridized carbons (Fsp3) is 0.471. The molecule has 0 aliphatic carbocycles. The molecule has 1 amide bonds. The third kappa shape index (κ3) is 5.91. The van der Waals surface area contributed by atoms with Crippen LogP contribution in [0.4, 0.5) is 4.79 Å². The molecule has 0 saturated heterocycles. The van der Waals surface area contributed by atoms with E-state index < -0.39 is 30.3 Å². The van der Waals surface area contributed by atoms with Gasteiger partial charge in [0.2, 0.25) is 0 Å². The van der Waals surface area contributed by atoms with Crippen LogP contribution in [0.15, 0.2) is 24.3 Å². The predicted molar refractivity (Wildman–Crippen MR) is 87.4 cm³/mol. The fourth-order valence-electron chi connectivity index (χ4n) is 1.77. The highest BCUT2D eigenvalue weighted by Crippen LogP contribution is 2.16. The number of rotatable bonds is 6. The van der Waals surface area contributed by atoms with E-state index in [2.05, 4.69) is 0 Å². The molecule has 0 saturated carbocycles. The summed E-state index contributed by atoms with van der Waals surface area (Å²) in [5, 5.41) is 8.56. The van der Waals surface area contributed by atoms with Crippen LogP contribution in [0.2, 0.25) is 0 Å². The second kappa shape index (κ2) is 7.81. The van der Waals surface area contributed by atoms with Gasteiger partial charge in [-0.3, -0.25) is 4.79 Å². The third-order valence-corrected chi connectivity index (χ3v) is 3.14. The molecule has 132 valence electrons. The molecule has 0 bridgehead atoms. The lowest BCUT2D eigenvalue weighted by molar-refractivity contribution is -0.139. The molecular formula is C17H23NO6. The van der Waals surface area contributed by atoms with Crippen molar-refractivity contribution in [3.05, 3.63) is 29.8 Å². The Bertz CT molecular complexity index is 603.